The summed E-state index contributed by atoms with van der Waals surface area (Å²) in [6.45, 7) is 7.54. The van der Waals surface area contributed by atoms with Crippen LogP contribution >= 0.6 is 11.8 Å². The van der Waals surface area contributed by atoms with Gasteiger partial charge in [0.1, 0.15) is 0 Å². The van der Waals surface area contributed by atoms with Gasteiger partial charge in [0.15, 0.2) is 5.78 Å². The molecule has 1 heterocycles. The third-order valence-corrected chi connectivity index (χ3v) is 5.13. The molecule has 0 saturated carbocycles. The topological polar surface area (TPSA) is 63.5 Å². The predicted molar refractivity (Wildman–Crippen MR) is 86.5 cm³/mol. The van der Waals surface area contributed by atoms with E-state index in [2.05, 4.69) is 18.7 Å². The van der Waals surface area contributed by atoms with Gasteiger partial charge in [0, 0.05) is 35.3 Å². The fraction of sp³-hybridized carbons (Fsp3) is 0.533. The van der Waals surface area contributed by atoms with Crippen molar-refractivity contribution < 1.29 is 9.72 Å². The molecule has 0 amide bonds. The zero-order chi connectivity index (χ0) is 15.6. The van der Waals surface area contributed by atoms with Crippen LogP contribution < -0.4 is 4.90 Å². The van der Waals surface area contributed by atoms with E-state index in [1.807, 2.05) is 17.8 Å². The van der Waals surface area contributed by atoms with Crippen LogP contribution in [0.25, 0.3) is 0 Å². The Balaban J connectivity index is 2.30. The van der Waals surface area contributed by atoms with Crippen molar-refractivity contribution >= 4 is 28.9 Å². The minimum Gasteiger partial charge on any atom is -0.370 e. The highest BCUT2D eigenvalue weighted by Gasteiger charge is 2.25. The summed E-state index contributed by atoms with van der Waals surface area (Å²) in [6.07, 6.45) is 1.03. The Hall–Kier alpha value is -1.56. The van der Waals surface area contributed by atoms with Crippen molar-refractivity contribution in [3.63, 3.8) is 0 Å². The summed E-state index contributed by atoms with van der Waals surface area (Å²) in [7, 11) is 0. The van der Waals surface area contributed by atoms with Gasteiger partial charge in [-0.3, -0.25) is 14.9 Å². The number of nitro benzene ring substituents is 1. The smallest absolute Gasteiger partial charge is 0.282 e. The maximum Gasteiger partial charge on any atom is 0.282 e. The Kier molecular flexibility index (Phi) is 4.56. The number of benzene rings is 1. The summed E-state index contributed by atoms with van der Waals surface area (Å²) in [6, 6.07) is 4.91. The molecule has 0 N–H and O–H groups in total. The Morgan fingerprint density at radius 2 is 2.10 bits per heavy atom. The Labute approximate surface area is 128 Å². The fourth-order valence-corrected chi connectivity index (χ4v) is 3.54. The molecule has 1 aliphatic heterocycles. The van der Waals surface area contributed by atoms with E-state index >= 15 is 0 Å². The number of nitrogens with zero attached hydrogens (tertiary/aromatic N) is 2. The molecule has 0 bridgehead atoms. The lowest BCUT2D eigenvalue weighted by Crippen LogP contribution is -2.27. The van der Waals surface area contributed by atoms with Gasteiger partial charge in [0.05, 0.1) is 10.5 Å². The number of carbonyl (C=O) groups is 1. The summed E-state index contributed by atoms with van der Waals surface area (Å²) in [5, 5.41) is 11.2. The normalized spacial score (nSPS) is 18.1. The van der Waals surface area contributed by atoms with E-state index in [1.54, 1.807) is 6.07 Å². The number of carbonyl (C=O) groups excluding carboxylic acids is 1. The Bertz CT molecular complexity index is 572. The molecule has 0 unspecified atom stereocenters. The van der Waals surface area contributed by atoms with Crippen molar-refractivity contribution in [3.05, 3.63) is 33.9 Å². The molecule has 5 nitrogen and oxygen atoms in total. The zero-order valence-electron chi connectivity index (χ0n) is 12.6. The van der Waals surface area contributed by atoms with Crippen LogP contribution in [-0.2, 0) is 0 Å². The van der Waals surface area contributed by atoms with E-state index in [4.69, 9.17) is 0 Å². The molecule has 0 atom stereocenters. The molecular weight excluding hydrogens is 288 g/mol. The number of thioether (sulfide) groups is 1. The molecule has 1 fully saturated rings. The second kappa shape index (κ2) is 6.05. The summed E-state index contributed by atoms with van der Waals surface area (Å²) < 4.78 is 0.236. The second-order valence-corrected chi connectivity index (χ2v) is 7.66. The zero-order valence-corrected chi connectivity index (χ0v) is 13.4. The van der Waals surface area contributed by atoms with Crippen LogP contribution in [0, 0.1) is 10.1 Å². The molecule has 1 aliphatic rings. The first-order valence-electron chi connectivity index (χ1n) is 6.98. The molecule has 114 valence electrons. The average molecular weight is 308 g/mol. The van der Waals surface area contributed by atoms with Gasteiger partial charge in [-0.05, 0) is 25.5 Å². The minimum atomic E-state index is -0.475. The van der Waals surface area contributed by atoms with Crippen molar-refractivity contribution in [1.29, 1.82) is 0 Å². The van der Waals surface area contributed by atoms with Crippen molar-refractivity contribution in [2.75, 3.05) is 23.7 Å². The number of rotatable bonds is 3. The van der Waals surface area contributed by atoms with E-state index < -0.39 is 4.92 Å². The van der Waals surface area contributed by atoms with Gasteiger partial charge in [-0.25, -0.2) is 0 Å². The number of ketones is 1. The first kappa shape index (κ1) is 15.8. The molecule has 6 heteroatoms. The number of hydrogen-bond donors (Lipinski definition) is 0. The lowest BCUT2D eigenvalue weighted by Gasteiger charge is -2.24. The lowest BCUT2D eigenvalue weighted by molar-refractivity contribution is -0.385. The summed E-state index contributed by atoms with van der Waals surface area (Å²) >= 11 is 1.93. The Morgan fingerprint density at radius 3 is 2.71 bits per heavy atom. The molecule has 1 aromatic carbocycles. The van der Waals surface area contributed by atoms with Gasteiger partial charge < -0.3 is 4.90 Å². The van der Waals surface area contributed by atoms with Crippen molar-refractivity contribution in [2.24, 2.45) is 0 Å². The fourth-order valence-electron chi connectivity index (χ4n) is 2.44. The monoisotopic (exact) mass is 308 g/mol. The van der Waals surface area contributed by atoms with Crippen LogP contribution in [0.3, 0.4) is 0 Å². The van der Waals surface area contributed by atoms with Gasteiger partial charge in [0.25, 0.3) is 5.69 Å². The van der Waals surface area contributed by atoms with Gasteiger partial charge in [-0.1, -0.05) is 13.8 Å². The van der Waals surface area contributed by atoms with Gasteiger partial charge in [-0.2, -0.15) is 11.8 Å². The highest BCUT2D eigenvalue weighted by Crippen LogP contribution is 2.33. The first-order chi connectivity index (χ1) is 9.80. The molecule has 1 saturated heterocycles. The van der Waals surface area contributed by atoms with Gasteiger partial charge in [0.2, 0.25) is 0 Å². The van der Waals surface area contributed by atoms with Crippen LogP contribution in [0.1, 0.15) is 37.6 Å². The van der Waals surface area contributed by atoms with E-state index in [0.717, 1.165) is 31.0 Å². The molecule has 0 aliphatic carbocycles. The first-order valence-corrected chi connectivity index (χ1v) is 7.97. The number of Topliss-reactive ketones (excluding diaryl/α,β-unsaturated/α-hetero) is 1. The van der Waals surface area contributed by atoms with Crippen LogP contribution in [0.15, 0.2) is 18.2 Å². The van der Waals surface area contributed by atoms with E-state index in [9.17, 15) is 14.9 Å². The van der Waals surface area contributed by atoms with Crippen molar-refractivity contribution in [3.8, 4) is 0 Å². The standard InChI is InChI=1S/C15H20N2O3S/c1-11(18)13-5-4-12(10-14(13)17(19)20)16-7-6-15(2,3)21-9-8-16/h4-5,10H,6-9H2,1-3H3. The lowest BCUT2D eigenvalue weighted by atomic mass is 10.1. The second-order valence-electron chi connectivity index (χ2n) is 5.86. The number of hydrogen-bond acceptors (Lipinski definition) is 5. The molecule has 1 aromatic rings. The highest BCUT2D eigenvalue weighted by atomic mass is 32.2. The third kappa shape index (κ3) is 3.75. The maximum atomic E-state index is 11.5. The molecular formula is C15H20N2O3S. The molecule has 0 radical (unpaired) electrons. The summed E-state index contributed by atoms with van der Waals surface area (Å²) in [4.78, 5) is 24.3. The highest BCUT2D eigenvalue weighted by molar-refractivity contribution is 8.00. The van der Waals surface area contributed by atoms with Gasteiger partial charge in [-0.15, -0.1) is 0 Å². The van der Waals surface area contributed by atoms with E-state index in [0.29, 0.717) is 0 Å². The summed E-state index contributed by atoms with van der Waals surface area (Å²) in [5.41, 5.74) is 0.898. The van der Waals surface area contributed by atoms with Gasteiger partial charge >= 0.3 is 0 Å². The average Bonchev–Trinajstić information content (AvgIpc) is 2.59. The predicted octanol–water partition coefficient (Wildman–Crippen LogP) is 3.52. The molecule has 2 rings (SSSR count). The maximum absolute atomic E-state index is 11.5. The van der Waals surface area contributed by atoms with Crippen LogP contribution in [0.5, 0.6) is 0 Å². The number of nitro groups is 1. The summed E-state index contributed by atoms with van der Waals surface area (Å²) in [5.74, 6) is 0.718. The van der Waals surface area contributed by atoms with Crippen LogP contribution in [-0.4, -0.2) is 34.3 Å². The van der Waals surface area contributed by atoms with Crippen molar-refractivity contribution in [1.82, 2.24) is 0 Å². The Morgan fingerprint density at radius 1 is 1.38 bits per heavy atom. The third-order valence-electron chi connectivity index (χ3n) is 3.76. The molecule has 21 heavy (non-hydrogen) atoms. The van der Waals surface area contributed by atoms with E-state index in [-0.39, 0.29) is 21.8 Å². The van der Waals surface area contributed by atoms with E-state index in [1.165, 1.54) is 13.0 Å². The number of anilines is 1. The molecule has 0 aromatic heterocycles. The van der Waals surface area contributed by atoms with Crippen LogP contribution in [0.4, 0.5) is 11.4 Å². The van der Waals surface area contributed by atoms with Crippen LogP contribution in [0.2, 0.25) is 0 Å². The minimum absolute atomic E-state index is 0.101. The quantitative estimate of drug-likeness (QED) is 0.485. The SMILES string of the molecule is CC(=O)c1ccc(N2CCSC(C)(C)CC2)cc1[N+](=O)[O-]. The largest absolute Gasteiger partial charge is 0.370 e. The molecule has 0 spiro atoms. The van der Waals surface area contributed by atoms with Crippen molar-refractivity contribution in [2.45, 2.75) is 31.9 Å².